The largest absolute Gasteiger partial charge is 0.315 e. The lowest BCUT2D eigenvalue weighted by molar-refractivity contribution is 0.582. The highest BCUT2D eigenvalue weighted by atomic mass is 32.2. The van der Waals surface area contributed by atoms with Crippen LogP contribution in [0, 0.1) is 18.3 Å². The maximum Gasteiger partial charge on any atom is 0.305 e. The summed E-state index contributed by atoms with van der Waals surface area (Å²) >= 11 is 0.650. The Morgan fingerprint density at radius 3 is 2.80 bits per heavy atom. The molecule has 0 radical (unpaired) electrons. The molecular weight excluding hydrogens is 298 g/mol. The van der Waals surface area contributed by atoms with Crippen molar-refractivity contribution in [2.24, 2.45) is 0 Å². The molecule has 0 saturated heterocycles. The van der Waals surface area contributed by atoms with Crippen LogP contribution in [-0.4, -0.2) is 13.4 Å². The third-order valence-corrected chi connectivity index (χ3v) is 5.55. The van der Waals surface area contributed by atoms with E-state index < -0.39 is 14.9 Å². The van der Waals surface area contributed by atoms with E-state index in [0.717, 1.165) is 0 Å². The first-order chi connectivity index (χ1) is 9.42. The van der Waals surface area contributed by atoms with E-state index in [2.05, 4.69) is 9.71 Å². The van der Waals surface area contributed by atoms with Crippen LogP contribution in [0.2, 0.25) is 0 Å². The van der Waals surface area contributed by atoms with Crippen LogP contribution in [0.4, 0.5) is 0 Å². The second-order valence-corrected chi connectivity index (χ2v) is 7.01. The molecule has 2 aromatic rings. The zero-order valence-corrected chi connectivity index (χ0v) is 12.1. The van der Waals surface area contributed by atoms with Gasteiger partial charge in [0, 0.05) is 12.2 Å². The fraction of sp³-hybridized carbons (Fsp3) is 0.167. The van der Waals surface area contributed by atoms with E-state index in [0.29, 0.717) is 28.2 Å². The van der Waals surface area contributed by atoms with Gasteiger partial charge in [-0.05, 0) is 24.6 Å². The molecule has 0 aliphatic heterocycles. The van der Waals surface area contributed by atoms with Gasteiger partial charge in [-0.25, -0.2) is 13.1 Å². The summed E-state index contributed by atoms with van der Waals surface area (Å²) in [6.45, 7) is 1.59. The average Bonchev–Trinajstić information content (AvgIpc) is 2.77. The van der Waals surface area contributed by atoms with E-state index in [1.807, 2.05) is 6.07 Å². The van der Waals surface area contributed by atoms with Crippen LogP contribution in [0.3, 0.4) is 0 Å². The highest BCUT2D eigenvalue weighted by Crippen LogP contribution is 2.16. The van der Waals surface area contributed by atoms with Crippen LogP contribution in [0.25, 0.3) is 0 Å². The van der Waals surface area contributed by atoms with Gasteiger partial charge in [-0.15, -0.1) is 0 Å². The normalized spacial score (nSPS) is 11.2. The summed E-state index contributed by atoms with van der Waals surface area (Å²) in [6, 6.07) is 8.63. The molecule has 1 aromatic carbocycles. The van der Waals surface area contributed by atoms with Gasteiger partial charge < -0.3 is 4.98 Å². The third kappa shape index (κ3) is 3.14. The lowest BCUT2D eigenvalue weighted by atomic mass is 10.1. The second kappa shape index (κ2) is 5.58. The molecule has 0 spiro atoms. The van der Waals surface area contributed by atoms with Crippen LogP contribution in [0.1, 0.15) is 16.8 Å². The van der Waals surface area contributed by atoms with Crippen molar-refractivity contribution in [1.29, 1.82) is 5.26 Å². The lowest BCUT2D eigenvalue weighted by Gasteiger charge is -2.05. The van der Waals surface area contributed by atoms with Crippen molar-refractivity contribution >= 4 is 21.4 Å². The molecule has 0 amide bonds. The Balaban J connectivity index is 2.19. The highest BCUT2D eigenvalue weighted by molar-refractivity contribution is 7.91. The SMILES string of the molecule is Cc1[nH]c(=O)sc1S(=O)(=O)NCc1cccc(C#N)c1. The fourth-order valence-corrected chi connectivity index (χ4v) is 4.00. The van der Waals surface area contributed by atoms with Crippen molar-refractivity contribution in [3.05, 3.63) is 50.8 Å². The van der Waals surface area contributed by atoms with Gasteiger partial charge in [0.2, 0.25) is 0 Å². The molecule has 8 heteroatoms. The summed E-state index contributed by atoms with van der Waals surface area (Å²) in [5, 5.41) is 8.78. The summed E-state index contributed by atoms with van der Waals surface area (Å²) in [6.07, 6.45) is 0. The quantitative estimate of drug-likeness (QED) is 0.882. The number of aromatic amines is 1. The maximum absolute atomic E-state index is 12.1. The van der Waals surface area contributed by atoms with E-state index in [9.17, 15) is 13.2 Å². The molecule has 1 heterocycles. The Morgan fingerprint density at radius 2 is 2.20 bits per heavy atom. The topological polar surface area (TPSA) is 103 Å². The number of nitriles is 1. The van der Waals surface area contributed by atoms with Crippen LogP contribution in [0.5, 0.6) is 0 Å². The molecule has 0 aliphatic rings. The molecule has 2 rings (SSSR count). The van der Waals surface area contributed by atoms with E-state index in [-0.39, 0.29) is 10.8 Å². The van der Waals surface area contributed by atoms with E-state index in [1.54, 1.807) is 24.3 Å². The minimum Gasteiger partial charge on any atom is -0.315 e. The third-order valence-electron chi connectivity index (χ3n) is 2.55. The number of aryl methyl sites for hydroxylation is 1. The molecule has 0 bridgehead atoms. The first kappa shape index (κ1) is 14.5. The Morgan fingerprint density at radius 1 is 1.45 bits per heavy atom. The monoisotopic (exact) mass is 309 g/mol. The van der Waals surface area contributed by atoms with Crippen LogP contribution in [-0.2, 0) is 16.6 Å². The zero-order valence-electron chi connectivity index (χ0n) is 10.5. The van der Waals surface area contributed by atoms with Crippen molar-refractivity contribution in [3.63, 3.8) is 0 Å². The number of sulfonamides is 1. The van der Waals surface area contributed by atoms with Crippen LogP contribution >= 0.6 is 11.3 Å². The van der Waals surface area contributed by atoms with Gasteiger partial charge in [0.25, 0.3) is 10.0 Å². The summed E-state index contributed by atoms with van der Waals surface area (Å²) < 4.78 is 26.5. The zero-order chi connectivity index (χ0) is 14.8. The number of benzene rings is 1. The minimum absolute atomic E-state index is 0.0149. The molecule has 0 saturated carbocycles. The van der Waals surface area contributed by atoms with Gasteiger partial charge in [-0.2, -0.15) is 5.26 Å². The summed E-state index contributed by atoms with van der Waals surface area (Å²) in [4.78, 5) is 13.2. The molecule has 0 fully saturated rings. The number of hydrogen-bond donors (Lipinski definition) is 2. The fourth-order valence-electron chi connectivity index (χ4n) is 1.64. The van der Waals surface area contributed by atoms with Gasteiger partial charge in [0.1, 0.15) is 0 Å². The highest BCUT2D eigenvalue weighted by Gasteiger charge is 2.20. The minimum atomic E-state index is -3.73. The lowest BCUT2D eigenvalue weighted by Crippen LogP contribution is -2.23. The van der Waals surface area contributed by atoms with E-state index in [4.69, 9.17) is 5.26 Å². The van der Waals surface area contributed by atoms with Gasteiger partial charge in [0.05, 0.1) is 11.6 Å². The van der Waals surface area contributed by atoms with E-state index in [1.165, 1.54) is 6.92 Å². The molecule has 1 aromatic heterocycles. The van der Waals surface area contributed by atoms with Crippen LogP contribution in [0.15, 0.2) is 33.3 Å². The number of aromatic nitrogens is 1. The molecule has 2 N–H and O–H groups in total. The summed E-state index contributed by atoms with van der Waals surface area (Å²) in [5.41, 5.74) is 1.45. The molecular formula is C12H11N3O3S2. The van der Waals surface area contributed by atoms with Crippen molar-refractivity contribution in [2.75, 3.05) is 0 Å². The van der Waals surface area contributed by atoms with Gasteiger partial charge in [-0.3, -0.25) is 4.79 Å². The molecule has 0 aliphatic carbocycles. The first-order valence-corrected chi connectivity index (χ1v) is 7.91. The number of rotatable bonds is 4. The average molecular weight is 309 g/mol. The second-order valence-electron chi connectivity index (χ2n) is 4.06. The predicted octanol–water partition coefficient (Wildman–Crippen LogP) is 1.10. The first-order valence-electron chi connectivity index (χ1n) is 5.61. The maximum atomic E-state index is 12.1. The van der Waals surface area contributed by atoms with Crippen molar-refractivity contribution < 1.29 is 8.42 Å². The number of nitrogens with zero attached hydrogens (tertiary/aromatic N) is 1. The molecule has 0 atom stereocenters. The smallest absolute Gasteiger partial charge is 0.305 e. The standard InChI is InChI=1S/C12H11N3O3S2/c1-8-11(19-12(16)15-8)20(17,18)14-7-10-4-2-3-9(5-10)6-13/h2-5,14H,7H2,1H3,(H,15,16). The molecule has 104 valence electrons. The van der Waals surface area contributed by atoms with Crippen molar-refractivity contribution in [3.8, 4) is 6.07 Å². The van der Waals surface area contributed by atoms with Crippen molar-refractivity contribution in [2.45, 2.75) is 17.7 Å². The number of hydrogen-bond acceptors (Lipinski definition) is 5. The Bertz CT molecular complexity index is 828. The predicted molar refractivity (Wildman–Crippen MR) is 74.9 cm³/mol. The van der Waals surface area contributed by atoms with Crippen LogP contribution < -0.4 is 9.60 Å². The number of thiazole rings is 1. The Kier molecular flexibility index (Phi) is 4.04. The van der Waals surface area contributed by atoms with Crippen molar-refractivity contribution in [1.82, 2.24) is 9.71 Å². The summed E-state index contributed by atoms with van der Waals surface area (Å²) in [5.74, 6) is 0. The Labute approximate surface area is 119 Å². The molecule has 6 nitrogen and oxygen atoms in total. The molecule has 20 heavy (non-hydrogen) atoms. The molecule has 0 unspecified atom stereocenters. The number of H-pyrrole nitrogens is 1. The summed E-state index contributed by atoms with van der Waals surface area (Å²) in [7, 11) is -3.73. The number of nitrogens with one attached hydrogen (secondary N) is 2. The Hall–Kier alpha value is -1.95. The van der Waals surface area contributed by atoms with E-state index >= 15 is 0 Å². The van der Waals surface area contributed by atoms with Gasteiger partial charge in [-0.1, -0.05) is 23.5 Å². The van der Waals surface area contributed by atoms with Gasteiger partial charge in [0.15, 0.2) is 4.21 Å². The van der Waals surface area contributed by atoms with Gasteiger partial charge >= 0.3 is 4.87 Å².